The molecule has 0 saturated heterocycles. The molecule has 0 aliphatic carbocycles. The van der Waals surface area contributed by atoms with Gasteiger partial charge in [0.1, 0.15) is 13.2 Å². The van der Waals surface area contributed by atoms with E-state index in [0.29, 0.717) is 24.3 Å². The second kappa shape index (κ2) is 11.7. The van der Waals surface area contributed by atoms with Crippen LogP contribution in [0, 0.1) is 6.92 Å². The fourth-order valence-electron chi connectivity index (χ4n) is 1.94. The molecule has 24 heavy (non-hydrogen) atoms. The molecule has 0 atom stereocenters. The Morgan fingerprint density at radius 1 is 0.958 bits per heavy atom. The van der Waals surface area contributed by atoms with E-state index in [2.05, 4.69) is 0 Å². The van der Waals surface area contributed by atoms with Gasteiger partial charge in [0.15, 0.2) is 5.78 Å². The number of carbonyl (C=O) groups is 2. The van der Waals surface area contributed by atoms with E-state index in [-0.39, 0.29) is 38.8 Å². The highest BCUT2D eigenvalue weighted by atomic mass is 16.6. The van der Waals surface area contributed by atoms with Crippen LogP contribution in [-0.4, -0.2) is 70.2 Å². The maximum atomic E-state index is 12.0. The summed E-state index contributed by atoms with van der Waals surface area (Å²) in [6.07, 6.45) is 0. The SMILES string of the molecule is COCC(=O)c1cc(C)cc(C(=O)OCCOCCOCCO)c1. The summed E-state index contributed by atoms with van der Waals surface area (Å²) in [6.45, 7) is 3.09. The molecule has 134 valence electrons. The number of ether oxygens (including phenoxy) is 4. The molecule has 0 heterocycles. The smallest absolute Gasteiger partial charge is 0.338 e. The number of aliphatic hydroxyl groups is 1. The van der Waals surface area contributed by atoms with Crippen LogP contribution in [0.2, 0.25) is 0 Å². The lowest BCUT2D eigenvalue weighted by molar-refractivity contribution is 0.00919. The number of ketones is 1. The van der Waals surface area contributed by atoms with Gasteiger partial charge in [-0.1, -0.05) is 0 Å². The Morgan fingerprint density at radius 2 is 1.58 bits per heavy atom. The third-order valence-corrected chi connectivity index (χ3v) is 2.98. The number of rotatable bonds is 12. The van der Waals surface area contributed by atoms with Crippen molar-refractivity contribution in [3.63, 3.8) is 0 Å². The summed E-state index contributed by atoms with van der Waals surface area (Å²) in [7, 11) is 1.44. The van der Waals surface area contributed by atoms with E-state index in [1.54, 1.807) is 19.1 Å². The summed E-state index contributed by atoms with van der Waals surface area (Å²) in [5.74, 6) is -0.702. The van der Waals surface area contributed by atoms with E-state index in [0.717, 1.165) is 5.56 Å². The number of aliphatic hydroxyl groups excluding tert-OH is 1. The molecule has 0 aromatic heterocycles. The molecule has 7 nitrogen and oxygen atoms in total. The zero-order chi connectivity index (χ0) is 17.8. The van der Waals surface area contributed by atoms with Gasteiger partial charge in [-0.05, 0) is 30.7 Å². The van der Waals surface area contributed by atoms with Crippen molar-refractivity contribution in [2.24, 2.45) is 0 Å². The van der Waals surface area contributed by atoms with Crippen molar-refractivity contribution in [3.05, 3.63) is 34.9 Å². The Hall–Kier alpha value is -1.80. The Labute approximate surface area is 141 Å². The molecule has 0 radical (unpaired) electrons. The Bertz CT molecular complexity index is 528. The van der Waals surface area contributed by atoms with Crippen LogP contribution in [0.1, 0.15) is 26.3 Å². The van der Waals surface area contributed by atoms with Crippen molar-refractivity contribution in [2.45, 2.75) is 6.92 Å². The topological polar surface area (TPSA) is 91.3 Å². The van der Waals surface area contributed by atoms with Crippen LogP contribution in [0.25, 0.3) is 0 Å². The maximum Gasteiger partial charge on any atom is 0.338 e. The van der Waals surface area contributed by atoms with E-state index in [1.165, 1.54) is 13.2 Å². The van der Waals surface area contributed by atoms with Crippen molar-refractivity contribution >= 4 is 11.8 Å². The third-order valence-electron chi connectivity index (χ3n) is 2.98. The normalized spacial score (nSPS) is 10.6. The van der Waals surface area contributed by atoms with Crippen molar-refractivity contribution in [1.29, 1.82) is 0 Å². The Kier molecular flexibility index (Phi) is 9.86. The van der Waals surface area contributed by atoms with E-state index in [9.17, 15) is 9.59 Å². The van der Waals surface area contributed by atoms with E-state index in [4.69, 9.17) is 24.1 Å². The van der Waals surface area contributed by atoms with Crippen molar-refractivity contribution < 1.29 is 33.6 Å². The zero-order valence-corrected chi connectivity index (χ0v) is 14.1. The van der Waals surface area contributed by atoms with Gasteiger partial charge in [-0.25, -0.2) is 4.79 Å². The molecule has 7 heteroatoms. The summed E-state index contributed by atoms with van der Waals surface area (Å²) < 4.78 is 20.2. The summed E-state index contributed by atoms with van der Waals surface area (Å²) in [5.41, 5.74) is 1.53. The second-order valence-electron chi connectivity index (χ2n) is 5.03. The second-order valence-corrected chi connectivity index (χ2v) is 5.03. The van der Waals surface area contributed by atoms with Crippen molar-refractivity contribution in [3.8, 4) is 0 Å². The minimum atomic E-state index is -0.509. The van der Waals surface area contributed by atoms with Gasteiger partial charge in [0.05, 0.1) is 38.6 Å². The van der Waals surface area contributed by atoms with Gasteiger partial charge in [0.25, 0.3) is 0 Å². The fourth-order valence-corrected chi connectivity index (χ4v) is 1.94. The van der Waals surface area contributed by atoms with Gasteiger partial charge in [0, 0.05) is 12.7 Å². The molecule has 0 spiro atoms. The van der Waals surface area contributed by atoms with Gasteiger partial charge in [-0.15, -0.1) is 0 Å². The lowest BCUT2D eigenvalue weighted by atomic mass is 10.0. The molecular weight excluding hydrogens is 316 g/mol. The van der Waals surface area contributed by atoms with Crippen LogP contribution in [0.15, 0.2) is 18.2 Å². The number of benzene rings is 1. The lowest BCUT2D eigenvalue weighted by Crippen LogP contribution is -2.14. The molecule has 0 aliphatic rings. The largest absolute Gasteiger partial charge is 0.460 e. The molecule has 0 saturated carbocycles. The molecule has 0 unspecified atom stereocenters. The highest BCUT2D eigenvalue weighted by Crippen LogP contribution is 2.12. The summed E-state index contributed by atoms with van der Waals surface area (Å²) in [5, 5.41) is 8.53. The van der Waals surface area contributed by atoms with Crippen molar-refractivity contribution in [2.75, 3.05) is 53.4 Å². The van der Waals surface area contributed by atoms with Gasteiger partial charge in [0.2, 0.25) is 0 Å². The predicted octanol–water partition coefficient (Wildman–Crippen LogP) is 1.01. The molecule has 0 aliphatic heterocycles. The molecular formula is C17H24O7. The number of Topliss-reactive ketones (excluding diaryl/α,β-unsaturated/α-hetero) is 1. The first-order valence-electron chi connectivity index (χ1n) is 7.65. The lowest BCUT2D eigenvalue weighted by Gasteiger charge is -2.08. The molecule has 0 bridgehead atoms. The third kappa shape index (κ3) is 7.65. The maximum absolute atomic E-state index is 12.0. The molecule has 1 aromatic carbocycles. The van der Waals surface area contributed by atoms with Crippen LogP contribution < -0.4 is 0 Å². The van der Waals surface area contributed by atoms with E-state index in [1.807, 2.05) is 0 Å². The first kappa shape index (κ1) is 20.2. The van der Waals surface area contributed by atoms with Gasteiger partial charge in [-0.3, -0.25) is 4.79 Å². The number of methoxy groups -OCH3 is 1. The van der Waals surface area contributed by atoms with Crippen LogP contribution in [0.3, 0.4) is 0 Å². The quantitative estimate of drug-likeness (QED) is 0.345. The number of esters is 1. The monoisotopic (exact) mass is 340 g/mol. The van der Waals surface area contributed by atoms with Crippen LogP contribution in [0.5, 0.6) is 0 Å². The first-order valence-corrected chi connectivity index (χ1v) is 7.65. The number of hydrogen-bond acceptors (Lipinski definition) is 7. The highest BCUT2D eigenvalue weighted by Gasteiger charge is 2.13. The van der Waals surface area contributed by atoms with Gasteiger partial charge < -0.3 is 24.1 Å². The molecule has 1 aromatic rings. The fraction of sp³-hybridized carbons (Fsp3) is 0.529. The minimum absolute atomic E-state index is 0.0248. The van der Waals surface area contributed by atoms with Crippen LogP contribution >= 0.6 is 0 Å². The highest BCUT2D eigenvalue weighted by molar-refractivity contribution is 6.00. The van der Waals surface area contributed by atoms with Crippen molar-refractivity contribution in [1.82, 2.24) is 0 Å². The zero-order valence-electron chi connectivity index (χ0n) is 14.1. The molecule has 0 amide bonds. The minimum Gasteiger partial charge on any atom is -0.460 e. The molecule has 1 rings (SSSR count). The number of hydrogen-bond donors (Lipinski definition) is 1. The standard InChI is InChI=1S/C17H24O7/c1-13-9-14(16(19)12-21-2)11-15(10-13)17(20)24-8-7-23-6-5-22-4-3-18/h9-11,18H,3-8,12H2,1-2H3. The Morgan fingerprint density at radius 3 is 2.25 bits per heavy atom. The summed E-state index contributed by atoms with van der Waals surface area (Å²) in [4.78, 5) is 23.9. The Balaban J connectivity index is 2.40. The van der Waals surface area contributed by atoms with Crippen LogP contribution in [-0.2, 0) is 18.9 Å². The molecule has 0 fully saturated rings. The van der Waals surface area contributed by atoms with Gasteiger partial charge >= 0.3 is 5.97 Å². The van der Waals surface area contributed by atoms with Gasteiger partial charge in [-0.2, -0.15) is 0 Å². The first-order chi connectivity index (χ1) is 11.6. The van der Waals surface area contributed by atoms with E-state index >= 15 is 0 Å². The molecule has 1 N–H and O–H groups in total. The summed E-state index contributed by atoms with van der Waals surface area (Å²) >= 11 is 0. The van der Waals surface area contributed by atoms with E-state index < -0.39 is 5.97 Å². The number of carbonyl (C=O) groups excluding carboxylic acids is 2. The number of aryl methyl sites for hydroxylation is 1. The average molecular weight is 340 g/mol. The van der Waals surface area contributed by atoms with Crippen LogP contribution in [0.4, 0.5) is 0 Å². The summed E-state index contributed by atoms with van der Waals surface area (Å²) in [6, 6.07) is 4.86. The average Bonchev–Trinajstić information content (AvgIpc) is 2.56. The predicted molar refractivity (Wildman–Crippen MR) is 86.4 cm³/mol.